The number of carbonyl (C=O) groups is 1. The van der Waals surface area contributed by atoms with Gasteiger partial charge in [-0.25, -0.2) is 14.2 Å². The van der Waals surface area contributed by atoms with Gasteiger partial charge in [0, 0.05) is 10.6 Å². The zero-order chi connectivity index (χ0) is 18.0. The SMILES string of the molecule is O=C(O)c1cc(F)ccc1N=Cc1nc(-c2ccc(Cl)cc2)oc1O. The smallest absolute Gasteiger partial charge is 0.338 e. The van der Waals surface area contributed by atoms with Crippen LogP contribution in [0.1, 0.15) is 16.1 Å². The van der Waals surface area contributed by atoms with E-state index in [4.69, 9.17) is 21.1 Å². The lowest BCUT2D eigenvalue weighted by Gasteiger charge is -1.99. The lowest BCUT2D eigenvalue weighted by Crippen LogP contribution is -1.97. The summed E-state index contributed by atoms with van der Waals surface area (Å²) in [5, 5.41) is 19.4. The molecule has 1 aromatic heterocycles. The number of aliphatic imine (C=N–C) groups is 1. The number of hydrogen-bond acceptors (Lipinski definition) is 5. The highest BCUT2D eigenvalue weighted by atomic mass is 35.5. The first kappa shape index (κ1) is 16.7. The average Bonchev–Trinajstić information content (AvgIpc) is 2.95. The van der Waals surface area contributed by atoms with E-state index in [0.717, 1.165) is 18.3 Å². The number of oxazole rings is 1. The monoisotopic (exact) mass is 360 g/mol. The van der Waals surface area contributed by atoms with Crippen molar-refractivity contribution in [1.29, 1.82) is 0 Å². The normalized spacial score (nSPS) is 11.1. The van der Waals surface area contributed by atoms with E-state index in [1.807, 2.05) is 0 Å². The van der Waals surface area contributed by atoms with Gasteiger partial charge in [-0.05, 0) is 42.5 Å². The van der Waals surface area contributed by atoms with Crippen molar-refractivity contribution in [1.82, 2.24) is 4.98 Å². The molecule has 1 heterocycles. The zero-order valence-electron chi connectivity index (χ0n) is 12.5. The van der Waals surface area contributed by atoms with Crippen molar-refractivity contribution in [3.05, 3.63) is 64.6 Å². The van der Waals surface area contributed by atoms with E-state index in [1.54, 1.807) is 24.3 Å². The van der Waals surface area contributed by atoms with Crippen LogP contribution < -0.4 is 0 Å². The van der Waals surface area contributed by atoms with Crippen molar-refractivity contribution in [3.63, 3.8) is 0 Å². The molecule has 0 unspecified atom stereocenters. The molecule has 0 spiro atoms. The highest BCUT2D eigenvalue weighted by Gasteiger charge is 2.14. The zero-order valence-corrected chi connectivity index (χ0v) is 13.2. The molecule has 0 aliphatic heterocycles. The first-order valence-corrected chi connectivity index (χ1v) is 7.34. The van der Waals surface area contributed by atoms with Gasteiger partial charge in [-0.15, -0.1) is 0 Å². The fourth-order valence-corrected chi connectivity index (χ4v) is 2.17. The summed E-state index contributed by atoms with van der Waals surface area (Å²) in [6.45, 7) is 0. The highest BCUT2D eigenvalue weighted by Crippen LogP contribution is 2.27. The first-order chi connectivity index (χ1) is 11.9. The Balaban J connectivity index is 1.93. The minimum absolute atomic E-state index is 0.00520. The van der Waals surface area contributed by atoms with Crippen LogP contribution in [0, 0.1) is 5.82 Å². The number of aromatic carboxylic acids is 1. The molecule has 3 rings (SSSR count). The van der Waals surface area contributed by atoms with Gasteiger partial charge in [0.05, 0.1) is 17.5 Å². The Morgan fingerprint density at radius 3 is 2.64 bits per heavy atom. The van der Waals surface area contributed by atoms with Crippen LogP contribution in [0.2, 0.25) is 5.02 Å². The van der Waals surface area contributed by atoms with Gasteiger partial charge in [0.2, 0.25) is 5.89 Å². The number of aromatic nitrogens is 1. The van der Waals surface area contributed by atoms with Crippen molar-refractivity contribution < 1.29 is 23.8 Å². The van der Waals surface area contributed by atoms with Crippen LogP contribution in [0.5, 0.6) is 5.95 Å². The van der Waals surface area contributed by atoms with E-state index < -0.39 is 17.7 Å². The van der Waals surface area contributed by atoms with Crippen LogP contribution in [-0.2, 0) is 0 Å². The molecule has 3 aromatic rings. The van der Waals surface area contributed by atoms with Crippen molar-refractivity contribution in [3.8, 4) is 17.4 Å². The van der Waals surface area contributed by atoms with E-state index in [0.29, 0.717) is 10.6 Å². The molecular weight excluding hydrogens is 351 g/mol. The predicted octanol–water partition coefficient (Wildman–Crippen LogP) is 4.29. The average molecular weight is 361 g/mol. The van der Waals surface area contributed by atoms with Crippen molar-refractivity contribution in [2.45, 2.75) is 0 Å². The summed E-state index contributed by atoms with van der Waals surface area (Å²) >= 11 is 5.81. The maximum atomic E-state index is 13.2. The quantitative estimate of drug-likeness (QED) is 0.676. The van der Waals surface area contributed by atoms with Gasteiger partial charge in [-0.3, -0.25) is 4.99 Å². The molecule has 126 valence electrons. The molecule has 0 radical (unpaired) electrons. The number of carboxylic acids is 1. The third kappa shape index (κ3) is 3.67. The molecule has 2 aromatic carbocycles. The van der Waals surface area contributed by atoms with E-state index in [1.165, 1.54) is 6.07 Å². The molecule has 0 atom stereocenters. The van der Waals surface area contributed by atoms with E-state index >= 15 is 0 Å². The minimum Gasteiger partial charge on any atom is -0.479 e. The molecule has 0 aliphatic rings. The minimum atomic E-state index is -1.32. The molecule has 6 nitrogen and oxygen atoms in total. The first-order valence-electron chi connectivity index (χ1n) is 6.96. The number of halogens is 2. The molecular formula is C17H10ClFN2O4. The topological polar surface area (TPSA) is 95.9 Å². The molecule has 8 heteroatoms. The van der Waals surface area contributed by atoms with Crippen LogP contribution in [-0.4, -0.2) is 27.4 Å². The summed E-state index contributed by atoms with van der Waals surface area (Å²) in [7, 11) is 0. The predicted molar refractivity (Wildman–Crippen MR) is 89.2 cm³/mol. The Kier molecular flexibility index (Phi) is 4.49. The van der Waals surface area contributed by atoms with Crippen molar-refractivity contribution in [2.75, 3.05) is 0 Å². The Hall–Kier alpha value is -3.19. The van der Waals surface area contributed by atoms with Gasteiger partial charge in [-0.1, -0.05) is 11.6 Å². The molecule has 25 heavy (non-hydrogen) atoms. The summed E-state index contributed by atoms with van der Waals surface area (Å²) in [5.74, 6) is -2.34. The highest BCUT2D eigenvalue weighted by molar-refractivity contribution is 6.30. The van der Waals surface area contributed by atoms with Gasteiger partial charge < -0.3 is 14.6 Å². The summed E-state index contributed by atoms with van der Waals surface area (Å²) in [6.07, 6.45) is 1.14. The fourth-order valence-electron chi connectivity index (χ4n) is 2.05. The second-order valence-electron chi connectivity index (χ2n) is 4.94. The van der Waals surface area contributed by atoms with Gasteiger partial charge in [-0.2, -0.15) is 0 Å². The molecule has 0 saturated carbocycles. The summed E-state index contributed by atoms with van der Waals surface area (Å²) in [6, 6.07) is 9.77. The Morgan fingerprint density at radius 1 is 1.24 bits per heavy atom. The number of rotatable bonds is 4. The summed E-state index contributed by atoms with van der Waals surface area (Å²) < 4.78 is 18.3. The van der Waals surface area contributed by atoms with E-state index in [-0.39, 0.29) is 22.8 Å². The summed E-state index contributed by atoms with van der Waals surface area (Å²) in [5.41, 5.74) is 0.305. The van der Waals surface area contributed by atoms with Crippen LogP contribution in [0.15, 0.2) is 51.9 Å². The summed E-state index contributed by atoms with van der Waals surface area (Å²) in [4.78, 5) is 19.2. The Bertz CT molecular complexity index is 967. The Morgan fingerprint density at radius 2 is 1.96 bits per heavy atom. The van der Waals surface area contributed by atoms with Gasteiger partial charge in [0.1, 0.15) is 5.82 Å². The maximum Gasteiger partial charge on any atom is 0.338 e. The van der Waals surface area contributed by atoms with Gasteiger partial charge >= 0.3 is 11.9 Å². The number of aromatic hydroxyl groups is 1. The standard InChI is InChI=1S/C17H10ClFN2O4/c18-10-3-1-9(2-4-10)15-21-14(17(24)25-15)8-20-13-6-5-11(19)7-12(13)16(22)23/h1-8,24H,(H,22,23). The number of benzene rings is 2. The number of hydrogen-bond donors (Lipinski definition) is 2. The van der Waals surface area contributed by atoms with E-state index in [9.17, 15) is 14.3 Å². The second-order valence-corrected chi connectivity index (χ2v) is 5.38. The third-order valence-corrected chi connectivity index (χ3v) is 3.49. The number of carboxylic acid groups (broad SMARTS) is 1. The van der Waals surface area contributed by atoms with Gasteiger partial charge in [0.15, 0.2) is 5.69 Å². The second kappa shape index (κ2) is 6.74. The van der Waals surface area contributed by atoms with Crippen LogP contribution in [0.25, 0.3) is 11.5 Å². The molecule has 2 N–H and O–H groups in total. The molecule has 0 aliphatic carbocycles. The van der Waals surface area contributed by atoms with Gasteiger partial charge in [0.25, 0.3) is 0 Å². The largest absolute Gasteiger partial charge is 0.479 e. The molecule has 0 fully saturated rings. The number of nitrogens with zero attached hydrogens (tertiary/aromatic N) is 2. The maximum absolute atomic E-state index is 13.2. The van der Waals surface area contributed by atoms with Crippen molar-refractivity contribution >= 4 is 29.5 Å². The van der Waals surface area contributed by atoms with E-state index in [2.05, 4.69) is 9.98 Å². The van der Waals surface area contributed by atoms with Crippen LogP contribution >= 0.6 is 11.6 Å². The molecule has 0 saturated heterocycles. The molecule has 0 bridgehead atoms. The van der Waals surface area contributed by atoms with Crippen LogP contribution in [0.4, 0.5) is 10.1 Å². The Labute approximate surface area is 145 Å². The fraction of sp³-hybridized carbons (Fsp3) is 0. The van der Waals surface area contributed by atoms with Crippen LogP contribution in [0.3, 0.4) is 0 Å². The van der Waals surface area contributed by atoms with Crippen molar-refractivity contribution in [2.24, 2.45) is 4.99 Å². The molecule has 0 amide bonds. The third-order valence-electron chi connectivity index (χ3n) is 3.24. The lowest BCUT2D eigenvalue weighted by molar-refractivity contribution is 0.0697. The lowest BCUT2D eigenvalue weighted by atomic mass is 10.2.